The molecule has 8 unspecified atom stereocenters. The Morgan fingerprint density at radius 2 is 1.12 bits per heavy atom. The fourth-order valence-corrected chi connectivity index (χ4v) is 34.6. The minimum atomic E-state index is -1.74. The van der Waals surface area contributed by atoms with Gasteiger partial charge in [0, 0.05) is 34.1 Å². The smallest absolute Gasteiger partial charge is 0.175 e. The molecule has 9 heteroatoms. The molecule has 0 aromatic heterocycles. The van der Waals surface area contributed by atoms with Gasteiger partial charge in [0.15, 0.2) is 16.6 Å². The third-order valence-electron chi connectivity index (χ3n) is 13.9. The molecule has 8 atom stereocenters. The van der Waals surface area contributed by atoms with Crippen molar-refractivity contribution in [2.45, 2.75) is 191 Å². The number of epoxide rings is 2. The van der Waals surface area contributed by atoms with Gasteiger partial charge < -0.3 is 23.1 Å². The van der Waals surface area contributed by atoms with Crippen molar-refractivity contribution in [1.29, 1.82) is 0 Å². The van der Waals surface area contributed by atoms with Crippen molar-refractivity contribution in [3.63, 3.8) is 0 Å². The number of ether oxygens (including phenoxy) is 4. The fraction of sp³-hybridized carbons (Fsp3) is 1.00. The average Bonchev–Trinajstić information content (AvgIpc) is 3.85. The van der Waals surface area contributed by atoms with Gasteiger partial charge in [0.05, 0.1) is 31.5 Å². The van der Waals surface area contributed by atoms with Crippen LogP contribution in [0.25, 0.3) is 0 Å². The summed E-state index contributed by atoms with van der Waals surface area (Å²) in [6.07, 6.45) is 15.2. The predicted molar refractivity (Wildman–Crippen MR) is 217 cm³/mol. The van der Waals surface area contributed by atoms with Crippen molar-refractivity contribution in [2.75, 3.05) is 26.1 Å². The molecule has 3 aliphatic carbocycles. The Labute approximate surface area is 307 Å². The molecule has 2 heterocycles. The topological polar surface area (TPSA) is 52.8 Å². The van der Waals surface area contributed by atoms with Crippen molar-refractivity contribution >= 4 is 32.8 Å². The molecule has 0 spiro atoms. The molecule has 286 valence electrons. The molecule has 0 N–H and O–H groups in total. The highest BCUT2D eigenvalue weighted by Crippen LogP contribution is 2.52. The van der Waals surface area contributed by atoms with Crippen molar-refractivity contribution in [3.8, 4) is 0 Å². The van der Waals surface area contributed by atoms with Gasteiger partial charge in [-0.25, -0.2) is 0 Å². The van der Waals surface area contributed by atoms with Gasteiger partial charge in [0.2, 0.25) is 0 Å². The fourth-order valence-electron chi connectivity index (χ4n) is 11.3. The van der Waals surface area contributed by atoms with E-state index in [0.717, 1.165) is 67.6 Å². The van der Waals surface area contributed by atoms with E-state index in [1.54, 1.807) is 0 Å². The Morgan fingerprint density at radius 1 is 0.633 bits per heavy atom. The van der Waals surface area contributed by atoms with Crippen molar-refractivity contribution < 1.29 is 23.1 Å². The summed E-state index contributed by atoms with van der Waals surface area (Å²) in [7, 11) is -6.06. The molecule has 3 saturated carbocycles. The lowest BCUT2D eigenvalue weighted by Gasteiger charge is -2.38. The van der Waals surface area contributed by atoms with Gasteiger partial charge in [-0.3, -0.25) is 0 Å². The van der Waals surface area contributed by atoms with Gasteiger partial charge >= 0.3 is 0 Å². The number of hydrogen-bond donors (Lipinski definition) is 0. The summed E-state index contributed by atoms with van der Waals surface area (Å²) in [5, 5.41) is 0. The summed E-state index contributed by atoms with van der Waals surface area (Å²) in [5.74, 6) is 4.77. The van der Waals surface area contributed by atoms with Crippen LogP contribution in [0.15, 0.2) is 0 Å². The molecule has 0 radical (unpaired) electrons. The van der Waals surface area contributed by atoms with Crippen LogP contribution in [0.2, 0.25) is 76.2 Å². The summed E-state index contributed by atoms with van der Waals surface area (Å²) in [6.45, 7) is 32.7. The second-order valence-electron chi connectivity index (χ2n) is 21.6. The van der Waals surface area contributed by atoms with Gasteiger partial charge in [0.1, 0.15) is 0 Å². The van der Waals surface area contributed by atoms with Crippen molar-refractivity contribution in [2.24, 2.45) is 35.5 Å². The third-order valence-corrected chi connectivity index (χ3v) is 31.8. The summed E-state index contributed by atoms with van der Waals surface area (Å²) in [4.78, 5) is 0. The Bertz CT molecular complexity index is 1080. The van der Waals surface area contributed by atoms with Crippen LogP contribution in [-0.2, 0) is 23.1 Å². The Hall–Kier alpha value is 0.668. The van der Waals surface area contributed by atoms with Gasteiger partial charge in [-0.2, -0.15) is 0 Å². The molecule has 0 aromatic rings. The SMILES string of the molecule is CC(C[Si](C)(C)C[Si](C)(C)COCC1CCC(COCC[Si](C)(C)O[Si](C)(C)CC(C)C2CCC3(C)OC3C2)CC1)C1CCC2(C)OC2C1. The van der Waals surface area contributed by atoms with E-state index in [1.165, 1.54) is 82.0 Å². The highest BCUT2D eigenvalue weighted by Gasteiger charge is 2.57. The van der Waals surface area contributed by atoms with E-state index in [-0.39, 0.29) is 11.2 Å². The number of rotatable bonds is 19. The second-order valence-corrected chi connectivity index (χ2v) is 41.2. The quantitative estimate of drug-likeness (QED) is 0.0747. The van der Waals surface area contributed by atoms with Crippen LogP contribution in [-0.4, -0.2) is 82.2 Å². The van der Waals surface area contributed by atoms with Crippen LogP contribution in [0.4, 0.5) is 0 Å². The van der Waals surface area contributed by atoms with Crippen LogP contribution in [0.1, 0.15) is 91.9 Å². The Balaban J connectivity index is 0.906. The minimum absolute atomic E-state index is 0.225. The molecular formula is C40H80O5Si4. The monoisotopic (exact) mass is 753 g/mol. The molecule has 5 aliphatic rings. The van der Waals surface area contributed by atoms with E-state index < -0.39 is 32.8 Å². The summed E-state index contributed by atoms with van der Waals surface area (Å²) in [5.41, 5.74) is 1.97. The highest BCUT2D eigenvalue weighted by atomic mass is 28.4. The molecule has 0 amide bonds. The lowest BCUT2D eigenvalue weighted by molar-refractivity contribution is 0.0629. The maximum absolute atomic E-state index is 7.04. The van der Waals surface area contributed by atoms with Gasteiger partial charge in [-0.1, -0.05) is 51.7 Å². The first kappa shape index (κ1) is 40.8. The van der Waals surface area contributed by atoms with E-state index in [0.29, 0.717) is 12.2 Å². The zero-order valence-electron chi connectivity index (χ0n) is 34.4. The maximum atomic E-state index is 7.04. The zero-order valence-corrected chi connectivity index (χ0v) is 38.4. The largest absolute Gasteiger partial charge is 0.455 e. The van der Waals surface area contributed by atoms with Crippen LogP contribution in [0, 0.1) is 35.5 Å². The predicted octanol–water partition coefficient (Wildman–Crippen LogP) is 10.9. The van der Waals surface area contributed by atoms with Gasteiger partial charge in [-0.15, -0.1) is 0 Å². The van der Waals surface area contributed by atoms with E-state index >= 15 is 0 Å². The molecule has 2 saturated heterocycles. The number of fused-ring (bicyclic) bond motifs is 2. The van der Waals surface area contributed by atoms with E-state index in [1.807, 2.05) is 0 Å². The van der Waals surface area contributed by atoms with Crippen molar-refractivity contribution in [1.82, 2.24) is 0 Å². The van der Waals surface area contributed by atoms with Crippen LogP contribution in [0.3, 0.4) is 0 Å². The maximum Gasteiger partial charge on any atom is 0.175 e. The molecule has 0 aromatic carbocycles. The van der Waals surface area contributed by atoms with Crippen LogP contribution < -0.4 is 0 Å². The first-order valence-electron chi connectivity index (χ1n) is 20.9. The van der Waals surface area contributed by atoms with Gasteiger partial charge in [0.25, 0.3) is 0 Å². The first-order valence-corrected chi connectivity index (χ1v) is 33.9. The van der Waals surface area contributed by atoms with E-state index in [2.05, 4.69) is 80.1 Å². The average molecular weight is 753 g/mol. The summed E-state index contributed by atoms with van der Waals surface area (Å²) < 4.78 is 31.9. The lowest BCUT2D eigenvalue weighted by atomic mass is 9.77. The normalized spacial score (nSPS) is 36.5. The van der Waals surface area contributed by atoms with E-state index in [4.69, 9.17) is 23.1 Å². The van der Waals surface area contributed by atoms with Gasteiger partial charge in [-0.05, 0) is 152 Å². The minimum Gasteiger partial charge on any atom is -0.455 e. The third kappa shape index (κ3) is 12.1. The van der Waals surface area contributed by atoms with Crippen LogP contribution in [0.5, 0.6) is 0 Å². The zero-order chi connectivity index (χ0) is 35.9. The molecule has 5 nitrogen and oxygen atoms in total. The molecule has 49 heavy (non-hydrogen) atoms. The Kier molecular flexibility index (Phi) is 13.2. The number of hydrogen-bond acceptors (Lipinski definition) is 5. The first-order chi connectivity index (χ1) is 22.7. The van der Waals surface area contributed by atoms with Crippen LogP contribution >= 0.6 is 0 Å². The molecular weight excluding hydrogens is 673 g/mol. The van der Waals surface area contributed by atoms with E-state index in [9.17, 15) is 0 Å². The second kappa shape index (κ2) is 15.8. The molecule has 2 aliphatic heterocycles. The Morgan fingerprint density at radius 3 is 1.63 bits per heavy atom. The molecule has 5 rings (SSSR count). The highest BCUT2D eigenvalue weighted by molar-refractivity contribution is 6.95. The standard InChI is InChI=1S/C40H80O5Si4/c1-31(35-17-19-39(3)37(23-35)43-39)27-46(5,6)30-47(7,8)29-42-26-34-15-13-33(14-16-34)25-41-21-22-48(9,10)45-49(11,12)28-32(2)36-18-20-40(4)38(24-36)44-40/h31-38H,13-30H2,1-12H3. The summed E-state index contributed by atoms with van der Waals surface area (Å²) in [6, 6.07) is 3.87. The van der Waals surface area contributed by atoms with Crippen molar-refractivity contribution in [3.05, 3.63) is 0 Å². The lowest BCUT2D eigenvalue weighted by Crippen LogP contribution is -2.46. The molecule has 0 bridgehead atoms. The molecule has 5 fully saturated rings. The summed E-state index contributed by atoms with van der Waals surface area (Å²) >= 11 is 0.